The summed E-state index contributed by atoms with van der Waals surface area (Å²) in [6.45, 7) is 5.11. The van der Waals surface area contributed by atoms with E-state index in [1.54, 1.807) is 0 Å². The van der Waals surface area contributed by atoms with Gasteiger partial charge in [0.1, 0.15) is 17.5 Å². The van der Waals surface area contributed by atoms with Crippen molar-refractivity contribution in [2.75, 3.05) is 19.6 Å². The molecule has 0 aromatic heterocycles. The highest BCUT2D eigenvalue weighted by Gasteiger charge is 2.15. The molecular formula is C15H21F3N2. The average molecular weight is 286 g/mol. The lowest BCUT2D eigenvalue weighted by Crippen LogP contribution is -2.41. The van der Waals surface area contributed by atoms with Crippen LogP contribution in [-0.2, 0) is 6.54 Å². The first-order chi connectivity index (χ1) is 9.56. The first-order valence-corrected chi connectivity index (χ1v) is 7.15. The second-order valence-corrected chi connectivity index (χ2v) is 5.49. The Hall–Kier alpha value is -1.07. The van der Waals surface area contributed by atoms with Gasteiger partial charge in [0, 0.05) is 36.8 Å². The molecular weight excluding hydrogens is 265 g/mol. The zero-order valence-corrected chi connectivity index (χ0v) is 11.8. The van der Waals surface area contributed by atoms with Crippen molar-refractivity contribution in [1.29, 1.82) is 0 Å². The number of likely N-dealkylation sites (tertiary alicyclic amines) is 1. The molecule has 1 aliphatic heterocycles. The van der Waals surface area contributed by atoms with Crippen LogP contribution in [0.15, 0.2) is 12.1 Å². The fourth-order valence-corrected chi connectivity index (χ4v) is 2.61. The molecule has 1 aliphatic rings. The van der Waals surface area contributed by atoms with Crippen LogP contribution in [-0.4, -0.2) is 30.6 Å². The third kappa shape index (κ3) is 4.21. The van der Waals surface area contributed by atoms with Gasteiger partial charge in [-0.3, -0.25) is 0 Å². The minimum atomic E-state index is -0.884. The molecule has 20 heavy (non-hydrogen) atoms. The molecule has 1 aromatic rings. The topological polar surface area (TPSA) is 15.3 Å². The minimum Gasteiger partial charge on any atom is -0.309 e. The van der Waals surface area contributed by atoms with E-state index in [4.69, 9.17) is 0 Å². The maximum absolute atomic E-state index is 13.5. The summed E-state index contributed by atoms with van der Waals surface area (Å²) in [6.07, 6.45) is 3.71. The monoisotopic (exact) mass is 286 g/mol. The van der Waals surface area contributed by atoms with E-state index in [2.05, 4.69) is 10.2 Å². The van der Waals surface area contributed by atoms with E-state index in [0.717, 1.165) is 31.8 Å². The Morgan fingerprint density at radius 3 is 2.30 bits per heavy atom. The standard InChI is InChI=1S/C15H21F3N2/c1-11(10-20-5-3-2-4-6-20)19-9-13-14(17)7-12(16)8-15(13)18/h7-8,11,19H,2-6,9-10H2,1H3. The molecule has 2 nitrogen and oxygen atoms in total. The van der Waals surface area contributed by atoms with Crippen molar-refractivity contribution < 1.29 is 13.2 Å². The van der Waals surface area contributed by atoms with Crippen molar-refractivity contribution in [3.8, 4) is 0 Å². The van der Waals surface area contributed by atoms with Crippen molar-refractivity contribution in [3.05, 3.63) is 35.1 Å². The molecule has 0 aliphatic carbocycles. The van der Waals surface area contributed by atoms with E-state index in [0.29, 0.717) is 0 Å². The molecule has 2 rings (SSSR count). The minimum absolute atomic E-state index is 0.0763. The van der Waals surface area contributed by atoms with Gasteiger partial charge in [-0.25, -0.2) is 13.2 Å². The van der Waals surface area contributed by atoms with Crippen molar-refractivity contribution in [2.45, 2.75) is 38.8 Å². The quantitative estimate of drug-likeness (QED) is 0.895. The normalized spacial score (nSPS) is 18.2. The van der Waals surface area contributed by atoms with Crippen LogP contribution in [0.25, 0.3) is 0 Å². The average Bonchev–Trinajstić information content (AvgIpc) is 2.38. The zero-order valence-electron chi connectivity index (χ0n) is 11.8. The van der Waals surface area contributed by atoms with Gasteiger partial charge in [0.25, 0.3) is 0 Å². The highest BCUT2D eigenvalue weighted by Crippen LogP contribution is 2.15. The van der Waals surface area contributed by atoms with Crippen molar-refractivity contribution >= 4 is 0 Å². The van der Waals surface area contributed by atoms with E-state index in [1.807, 2.05) is 6.92 Å². The molecule has 0 saturated carbocycles. The Bertz CT molecular complexity index is 422. The smallest absolute Gasteiger partial charge is 0.133 e. The molecule has 0 spiro atoms. The van der Waals surface area contributed by atoms with Crippen LogP contribution in [0.3, 0.4) is 0 Å². The van der Waals surface area contributed by atoms with Crippen LogP contribution in [0, 0.1) is 17.5 Å². The van der Waals surface area contributed by atoms with Gasteiger partial charge in [-0.2, -0.15) is 0 Å². The fourth-order valence-electron chi connectivity index (χ4n) is 2.61. The lowest BCUT2D eigenvalue weighted by molar-refractivity contribution is 0.208. The van der Waals surface area contributed by atoms with E-state index < -0.39 is 17.5 Å². The predicted octanol–water partition coefficient (Wildman–Crippen LogP) is 3.07. The maximum Gasteiger partial charge on any atom is 0.133 e. The van der Waals surface area contributed by atoms with Gasteiger partial charge in [0.05, 0.1) is 0 Å². The summed E-state index contributed by atoms with van der Waals surface area (Å²) in [7, 11) is 0. The Labute approximate surface area is 118 Å². The third-order valence-electron chi connectivity index (χ3n) is 3.71. The first-order valence-electron chi connectivity index (χ1n) is 7.15. The first kappa shape index (κ1) is 15.3. The van der Waals surface area contributed by atoms with Crippen LogP contribution < -0.4 is 5.32 Å². The summed E-state index contributed by atoms with van der Waals surface area (Å²) < 4.78 is 39.8. The predicted molar refractivity (Wildman–Crippen MR) is 72.9 cm³/mol. The molecule has 1 atom stereocenters. The Kier molecular flexibility index (Phi) is 5.43. The number of nitrogens with zero attached hydrogens (tertiary/aromatic N) is 1. The van der Waals surface area contributed by atoms with Crippen molar-refractivity contribution in [2.24, 2.45) is 0 Å². The number of benzene rings is 1. The fraction of sp³-hybridized carbons (Fsp3) is 0.600. The summed E-state index contributed by atoms with van der Waals surface area (Å²) >= 11 is 0. The molecule has 1 fully saturated rings. The SMILES string of the molecule is CC(CN1CCCCC1)NCc1c(F)cc(F)cc1F. The van der Waals surface area contributed by atoms with Crippen LogP contribution in [0.5, 0.6) is 0 Å². The van der Waals surface area contributed by atoms with Gasteiger partial charge in [-0.1, -0.05) is 6.42 Å². The summed E-state index contributed by atoms with van der Waals surface area (Å²) in [5, 5.41) is 3.10. The number of hydrogen-bond acceptors (Lipinski definition) is 2. The van der Waals surface area contributed by atoms with Gasteiger partial charge in [0.2, 0.25) is 0 Å². The summed E-state index contributed by atoms with van der Waals surface area (Å²) in [5.41, 5.74) is -0.100. The van der Waals surface area contributed by atoms with Gasteiger partial charge >= 0.3 is 0 Å². The Morgan fingerprint density at radius 1 is 1.10 bits per heavy atom. The summed E-state index contributed by atoms with van der Waals surface area (Å²) in [5.74, 6) is -2.55. The number of rotatable bonds is 5. The molecule has 1 unspecified atom stereocenters. The number of nitrogens with one attached hydrogen (secondary N) is 1. The molecule has 0 bridgehead atoms. The van der Waals surface area contributed by atoms with Crippen LogP contribution >= 0.6 is 0 Å². The van der Waals surface area contributed by atoms with E-state index >= 15 is 0 Å². The number of hydrogen-bond donors (Lipinski definition) is 1. The van der Waals surface area contributed by atoms with E-state index in [-0.39, 0.29) is 18.2 Å². The van der Waals surface area contributed by atoms with Gasteiger partial charge < -0.3 is 10.2 Å². The second kappa shape index (κ2) is 7.09. The van der Waals surface area contributed by atoms with Crippen LogP contribution in [0.2, 0.25) is 0 Å². The lowest BCUT2D eigenvalue weighted by atomic mass is 10.1. The zero-order chi connectivity index (χ0) is 14.5. The molecule has 1 saturated heterocycles. The largest absolute Gasteiger partial charge is 0.309 e. The molecule has 0 radical (unpaired) electrons. The highest BCUT2D eigenvalue weighted by atomic mass is 19.1. The second-order valence-electron chi connectivity index (χ2n) is 5.49. The molecule has 1 N–H and O–H groups in total. The third-order valence-corrected chi connectivity index (χ3v) is 3.71. The molecule has 5 heteroatoms. The van der Waals surface area contributed by atoms with Crippen LogP contribution in [0.1, 0.15) is 31.7 Å². The molecule has 0 amide bonds. The van der Waals surface area contributed by atoms with Gasteiger partial charge in [0.15, 0.2) is 0 Å². The number of piperidine rings is 1. The Morgan fingerprint density at radius 2 is 1.70 bits per heavy atom. The van der Waals surface area contributed by atoms with E-state index in [1.165, 1.54) is 19.3 Å². The van der Waals surface area contributed by atoms with E-state index in [9.17, 15) is 13.2 Å². The summed E-state index contributed by atoms with van der Waals surface area (Å²) in [4.78, 5) is 2.36. The number of halogens is 3. The molecule has 112 valence electrons. The molecule has 1 heterocycles. The highest BCUT2D eigenvalue weighted by molar-refractivity contribution is 5.20. The van der Waals surface area contributed by atoms with Gasteiger partial charge in [-0.05, 0) is 32.9 Å². The maximum atomic E-state index is 13.5. The molecule has 1 aromatic carbocycles. The van der Waals surface area contributed by atoms with Crippen molar-refractivity contribution in [3.63, 3.8) is 0 Å². The van der Waals surface area contributed by atoms with Crippen LogP contribution in [0.4, 0.5) is 13.2 Å². The lowest BCUT2D eigenvalue weighted by Gasteiger charge is -2.29. The Balaban J connectivity index is 1.85. The van der Waals surface area contributed by atoms with Gasteiger partial charge in [-0.15, -0.1) is 0 Å². The summed E-state index contributed by atoms with van der Waals surface area (Å²) in [6, 6.07) is 1.57. The van der Waals surface area contributed by atoms with Crippen molar-refractivity contribution in [1.82, 2.24) is 10.2 Å².